The van der Waals surface area contributed by atoms with Crippen molar-refractivity contribution in [2.75, 3.05) is 0 Å². The van der Waals surface area contributed by atoms with Gasteiger partial charge >= 0.3 is 0 Å². The minimum absolute atomic E-state index is 0.825. The van der Waals surface area contributed by atoms with Crippen molar-refractivity contribution >= 4 is 0 Å². The summed E-state index contributed by atoms with van der Waals surface area (Å²) in [6.45, 7) is 9.16. The highest BCUT2D eigenvalue weighted by atomic mass is 14.2. The lowest BCUT2D eigenvalue weighted by Crippen LogP contribution is -2.11. The Labute approximate surface area is 90.8 Å². The van der Waals surface area contributed by atoms with Gasteiger partial charge in [-0.15, -0.1) is 0 Å². The Morgan fingerprint density at radius 1 is 1.00 bits per heavy atom. The van der Waals surface area contributed by atoms with Crippen LogP contribution in [0.4, 0.5) is 0 Å². The molecule has 0 radical (unpaired) electrons. The van der Waals surface area contributed by atoms with Gasteiger partial charge in [0.1, 0.15) is 0 Å². The average molecular weight is 196 g/mol. The zero-order chi connectivity index (χ0) is 10.8. The molecule has 0 amide bonds. The van der Waals surface area contributed by atoms with Crippen molar-refractivity contribution in [3.63, 3.8) is 0 Å². The van der Waals surface area contributed by atoms with Crippen LogP contribution in [0.2, 0.25) is 0 Å². The molecular formula is C14H28. The van der Waals surface area contributed by atoms with Crippen molar-refractivity contribution in [2.24, 2.45) is 11.8 Å². The maximum Gasteiger partial charge on any atom is -0.0208 e. The summed E-state index contributed by atoms with van der Waals surface area (Å²) in [5.41, 5.74) is 0. The highest BCUT2D eigenvalue weighted by molar-refractivity contribution is 4.90. The molecule has 0 rings (SSSR count). The second kappa shape index (κ2) is 9.30. The van der Waals surface area contributed by atoms with Gasteiger partial charge in [-0.2, -0.15) is 0 Å². The highest BCUT2D eigenvalue weighted by Gasteiger charge is 2.14. The molecule has 0 aromatic rings. The van der Waals surface area contributed by atoms with Crippen LogP contribution in [0.3, 0.4) is 0 Å². The molecule has 0 nitrogen and oxygen atoms in total. The fourth-order valence-corrected chi connectivity index (χ4v) is 2.12. The quantitative estimate of drug-likeness (QED) is 0.468. The smallest absolute Gasteiger partial charge is 0.0208 e. The first-order chi connectivity index (χ1) is 6.79. The van der Waals surface area contributed by atoms with Crippen molar-refractivity contribution in [3.8, 4) is 0 Å². The fraction of sp³-hybridized carbons (Fsp3) is 0.857. The third-order valence-corrected chi connectivity index (χ3v) is 3.15. The Morgan fingerprint density at radius 3 is 2.14 bits per heavy atom. The molecule has 0 spiro atoms. The van der Waals surface area contributed by atoms with Gasteiger partial charge in [0.05, 0.1) is 0 Å². The standard InChI is InChI=1S/C14H28/c1-5-9-11-13(7-3)14(8-4)12-10-6-2/h9,11,13-14H,5-8,10,12H2,1-4H3. The molecule has 0 aliphatic carbocycles. The van der Waals surface area contributed by atoms with E-state index in [0.717, 1.165) is 11.8 Å². The van der Waals surface area contributed by atoms with Crippen LogP contribution in [0.1, 0.15) is 66.2 Å². The van der Waals surface area contributed by atoms with Crippen LogP contribution < -0.4 is 0 Å². The van der Waals surface area contributed by atoms with Crippen molar-refractivity contribution < 1.29 is 0 Å². The van der Waals surface area contributed by atoms with Gasteiger partial charge in [-0.25, -0.2) is 0 Å². The second-order valence-corrected chi connectivity index (χ2v) is 4.22. The van der Waals surface area contributed by atoms with Gasteiger partial charge in [0, 0.05) is 0 Å². The Kier molecular flexibility index (Phi) is 9.13. The predicted octanol–water partition coefficient (Wildman–Crippen LogP) is 5.20. The average Bonchev–Trinajstić information content (AvgIpc) is 2.23. The van der Waals surface area contributed by atoms with Crippen LogP contribution in [-0.2, 0) is 0 Å². The summed E-state index contributed by atoms with van der Waals surface area (Å²) in [7, 11) is 0. The van der Waals surface area contributed by atoms with Gasteiger partial charge in [-0.3, -0.25) is 0 Å². The van der Waals surface area contributed by atoms with E-state index in [-0.39, 0.29) is 0 Å². The van der Waals surface area contributed by atoms with E-state index in [1.165, 1.54) is 38.5 Å². The summed E-state index contributed by atoms with van der Waals surface area (Å²) < 4.78 is 0. The second-order valence-electron chi connectivity index (χ2n) is 4.22. The SMILES string of the molecule is CCC=CC(CC)C(CC)CCCC. The zero-order valence-corrected chi connectivity index (χ0v) is 10.6. The van der Waals surface area contributed by atoms with E-state index < -0.39 is 0 Å². The molecule has 0 aromatic carbocycles. The molecule has 0 heteroatoms. The van der Waals surface area contributed by atoms with Gasteiger partial charge in [0.25, 0.3) is 0 Å². The van der Waals surface area contributed by atoms with E-state index in [9.17, 15) is 0 Å². The lowest BCUT2D eigenvalue weighted by atomic mass is 9.84. The van der Waals surface area contributed by atoms with E-state index in [1.54, 1.807) is 0 Å². The molecule has 0 aromatic heterocycles. The maximum absolute atomic E-state index is 2.45. The molecule has 0 fully saturated rings. The van der Waals surface area contributed by atoms with Crippen molar-refractivity contribution in [2.45, 2.75) is 66.2 Å². The molecule has 0 heterocycles. The minimum Gasteiger partial charge on any atom is -0.0885 e. The number of hydrogen-bond acceptors (Lipinski definition) is 0. The van der Waals surface area contributed by atoms with Crippen molar-refractivity contribution in [1.29, 1.82) is 0 Å². The fourth-order valence-electron chi connectivity index (χ4n) is 2.12. The first-order valence-electron chi connectivity index (χ1n) is 6.46. The predicted molar refractivity (Wildman–Crippen MR) is 66.5 cm³/mol. The lowest BCUT2D eigenvalue weighted by Gasteiger charge is -2.22. The summed E-state index contributed by atoms with van der Waals surface area (Å²) in [6, 6.07) is 0. The summed E-state index contributed by atoms with van der Waals surface area (Å²) >= 11 is 0. The number of rotatable bonds is 8. The number of hydrogen-bond donors (Lipinski definition) is 0. The molecule has 0 saturated heterocycles. The lowest BCUT2D eigenvalue weighted by molar-refractivity contribution is 0.340. The van der Waals surface area contributed by atoms with Crippen LogP contribution >= 0.6 is 0 Å². The molecule has 0 N–H and O–H groups in total. The van der Waals surface area contributed by atoms with E-state index in [0.29, 0.717) is 0 Å². The monoisotopic (exact) mass is 196 g/mol. The Morgan fingerprint density at radius 2 is 1.71 bits per heavy atom. The van der Waals surface area contributed by atoms with E-state index in [4.69, 9.17) is 0 Å². The van der Waals surface area contributed by atoms with Gasteiger partial charge in [0.2, 0.25) is 0 Å². The summed E-state index contributed by atoms with van der Waals surface area (Å²) in [5, 5.41) is 0. The zero-order valence-electron chi connectivity index (χ0n) is 10.6. The molecule has 0 saturated carbocycles. The molecular weight excluding hydrogens is 168 g/mol. The first-order valence-corrected chi connectivity index (χ1v) is 6.46. The Bertz CT molecular complexity index is 135. The largest absolute Gasteiger partial charge is 0.0885 e. The van der Waals surface area contributed by atoms with Gasteiger partial charge < -0.3 is 0 Å². The minimum atomic E-state index is 0.825. The van der Waals surface area contributed by atoms with E-state index >= 15 is 0 Å². The normalized spacial score (nSPS) is 16.0. The maximum atomic E-state index is 2.45. The highest BCUT2D eigenvalue weighted by Crippen LogP contribution is 2.26. The molecule has 0 bridgehead atoms. The molecule has 0 aliphatic heterocycles. The van der Waals surface area contributed by atoms with Crippen LogP contribution in [0.5, 0.6) is 0 Å². The van der Waals surface area contributed by atoms with E-state index in [1.807, 2.05) is 0 Å². The Balaban J connectivity index is 4.06. The number of unbranched alkanes of at least 4 members (excludes halogenated alkanes) is 1. The first kappa shape index (κ1) is 13.7. The number of allylic oxidation sites excluding steroid dienone is 2. The van der Waals surface area contributed by atoms with Gasteiger partial charge in [-0.05, 0) is 31.1 Å². The van der Waals surface area contributed by atoms with Crippen LogP contribution in [-0.4, -0.2) is 0 Å². The molecule has 2 atom stereocenters. The van der Waals surface area contributed by atoms with Crippen LogP contribution in [0, 0.1) is 11.8 Å². The Hall–Kier alpha value is -0.260. The van der Waals surface area contributed by atoms with Crippen LogP contribution in [0.25, 0.3) is 0 Å². The molecule has 0 aliphatic rings. The van der Waals surface area contributed by atoms with Crippen molar-refractivity contribution in [1.82, 2.24) is 0 Å². The summed E-state index contributed by atoms with van der Waals surface area (Å²) in [6.07, 6.45) is 12.8. The third-order valence-electron chi connectivity index (χ3n) is 3.15. The van der Waals surface area contributed by atoms with Gasteiger partial charge in [0.15, 0.2) is 0 Å². The molecule has 2 unspecified atom stereocenters. The molecule has 84 valence electrons. The topological polar surface area (TPSA) is 0 Å². The third kappa shape index (κ3) is 5.47. The van der Waals surface area contributed by atoms with E-state index in [2.05, 4.69) is 39.8 Å². The summed E-state index contributed by atoms with van der Waals surface area (Å²) in [5.74, 6) is 1.74. The summed E-state index contributed by atoms with van der Waals surface area (Å²) in [4.78, 5) is 0. The van der Waals surface area contributed by atoms with Crippen molar-refractivity contribution in [3.05, 3.63) is 12.2 Å². The molecule has 14 heavy (non-hydrogen) atoms. The van der Waals surface area contributed by atoms with Crippen LogP contribution in [0.15, 0.2) is 12.2 Å². The van der Waals surface area contributed by atoms with Gasteiger partial charge in [-0.1, -0.05) is 59.1 Å².